The van der Waals surface area contributed by atoms with Crippen molar-refractivity contribution in [2.24, 2.45) is 5.92 Å². The molecule has 134 valence electrons. The number of hydrogen-bond acceptors (Lipinski definition) is 3. The number of aryl methyl sites for hydroxylation is 1. The lowest BCUT2D eigenvalue weighted by atomic mass is 9.95. The van der Waals surface area contributed by atoms with Crippen LogP contribution in [-0.2, 0) is 6.42 Å². The number of rotatable bonds is 8. The summed E-state index contributed by atoms with van der Waals surface area (Å²) in [6.45, 7) is 1.04. The lowest BCUT2D eigenvalue weighted by Gasteiger charge is -2.12. The van der Waals surface area contributed by atoms with Gasteiger partial charge in [-0.1, -0.05) is 30.3 Å². The first-order chi connectivity index (χ1) is 12.3. The van der Waals surface area contributed by atoms with Crippen molar-refractivity contribution in [1.29, 1.82) is 0 Å². The maximum atomic E-state index is 9.29. The highest BCUT2D eigenvalue weighted by molar-refractivity contribution is 5.32. The van der Waals surface area contributed by atoms with Gasteiger partial charge in [-0.15, -0.1) is 0 Å². The minimum atomic E-state index is 0.335. The molecule has 1 aliphatic rings. The van der Waals surface area contributed by atoms with Gasteiger partial charge in [0.15, 0.2) is 0 Å². The molecule has 3 rings (SSSR count). The normalized spacial score (nSPS) is 19.8. The molecule has 25 heavy (non-hydrogen) atoms. The van der Waals surface area contributed by atoms with E-state index in [1.807, 2.05) is 24.3 Å². The van der Waals surface area contributed by atoms with Crippen molar-refractivity contribution in [2.45, 2.75) is 38.0 Å². The molecule has 0 spiro atoms. The molecule has 0 aromatic heterocycles. The Balaban J connectivity index is 1.43. The van der Waals surface area contributed by atoms with E-state index in [9.17, 15) is 5.11 Å². The number of aliphatic hydroxyl groups excluding tert-OH is 1. The van der Waals surface area contributed by atoms with Crippen LogP contribution in [0.3, 0.4) is 0 Å². The predicted octanol–water partition coefficient (Wildman–Crippen LogP) is 4.58. The Labute approximate surface area is 150 Å². The Morgan fingerprint density at radius 2 is 1.84 bits per heavy atom. The molecule has 1 fully saturated rings. The van der Waals surface area contributed by atoms with Gasteiger partial charge in [-0.2, -0.15) is 0 Å². The van der Waals surface area contributed by atoms with E-state index in [1.165, 1.54) is 17.5 Å². The SMILES string of the molecule is COc1cccc(OCCCc2ccc(C3CCC(CO)C3)cc2)c1. The summed E-state index contributed by atoms with van der Waals surface area (Å²) in [6.07, 6.45) is 5.51. The highest BCUT2D eigenvalue weighted by Crippen LogP contribution is 2.37. The topological polar surface area (TPSA) is 38.7 Å². The van der Waals surface area contributed by atoms with Crippen molar-refractivity contribution in [1.82, 2.24) is 0 Å². The largest absolute Gasteiger partial charge is 0.497 e. The molecule has 0 aliphatic heterocycles. The van der Waals surface area contributed by atoms with E-state index in [2.05, 4.69) is 24.3 Å². The third kappa shape index (κ3) is 4.99. The average molecular weight is 340 g/mol. The van der Waals surface area contributed by atoms with Gasteiger partial charge < -0.3 is 14.6 Å². The molecule has 1 N–H and O–H groups in total. The van der Waals surface area contributed by atoms with E-state index in [-0.39, 0.29) is 0 Å². The quantitative estimate of drug-likeness (QED) is 0.715. The fourth-order valence-corrected chi connectivity index (χ4v) is 3.66. The average Bonchev–Trinajstić information content (AvgIpc) is 3.15. The number of methoxy groups -OCH3 is 1. The number of hydrogen-bond donors (Lipinski definition) is 1. The zero-order valence-corrected chi connectivity index (χ0v) is 15.0. The van der Waals surface area contributed by atoms with E-state index < -0.39 is 0 Å². The second-order valence-corrected chi connectivity index (χ2v) is 6.93. The highest BCUT2D eigenvalue weighted by atomic mass is 16.5. The molecule has 0 radical (unpaired) electrons. The summed E-state index contributed by atoms with van der Waals surface area (Å²) >= 11 is 0. The number of ether oxygens (including phenoxy) is 2. The van der Waals surface area contributed by atoms with E-state index in [4.69, 9.17) is 9.47 Å². The zero-order chi connectivity index (χ0) is 17.5. The van der Waals surface area contributed by atoms with Crippen molar-refractivity contribution >= 4 is 0 Å². The summed E-state index contributed by atoms with van der Waals surface area (Å²) in [5.74, 6) is 2.80. The maximum absolute atomic E-state index is 9.29. The summed E-state index contributed by atoms with van der Waals surface area (Å²) in [4.78, 5) is 0. The van der Waals surface area contributed by atoms with Crippen molar-refractivity contribution in [3.05, 3.63) is 59.7 Å². The second-order valence-electron chi connectivity index (χ2n) is 6.93. The van der Waals surface area contributed by atoms with E-state index in [0.717, 1.165) is 37.2 Å². The molecule has 0 heterocycles. The van der Waals surface area contributed by atoms with Crippen LogP contribution in [0, 0.1) is 5.92 Å². The summed E-state index contributed by atoms with van der Waals surface area (Å²) in [5, 5.41) is 9.29. The lowest BCUT2D eigenvalue weighted by Crippen LogP contribution is -2.01. The van der Waals surface area contributed by atoms with Gasteiger partial charge in [0.2, 0.25) is 0 Å². The lowest BCUT2D eigenvalue weighted by molar-refractivity contribution is 0.229. The Bertz CT molecular complexity index is 651. The molecule has 1 saturated carbocycles. The van der Waals surface area contributed by atoms with Crippen molar-refractivity contribution in [3.8, 4) is 11.5 Å². The van der Waals surface area contributed by atoms with Crippen LogP contribution in [0.4, 0.5) is 0 Å². The number of benzene rings is 2. The highest BCUT2D eigenvalue weighted by Gasteiger charge is 2.24. The molecule has 1 aliphatic carbocycles. The maximum Gasteiger partial charge on any atom is 0.122 e. The van der Waals surface area contributed by atoms with E-state index >= 15 is 0 Å². The number of aliphatic hydroxyl groups is 1. The minimum Gasteiger partial charge on any atom is -0.497 e. The van der Waals surface area contributed by atoms with Crippen molar-refractivity contribution < 1.29 is 14.6 Å². The molecule has 3 heteroatoms. The third-order valence-electron chi connectivity index (χ3n) is 5.17. The molecule has 2 aromatic carbocycles. The fourth-order valence-electron chi connectivity index (χ4n) is 3.66. The zero-order valence-electron chi connectivity index (χ0n) is 15.0. The fraction of sp³-hybridized carbons (Fsp3) is 0.455. The molecule has 0 bridgehead atoms. The van der Waals surface area contributed by atoms with Gasteiger partial charge in [-0.3, -0.25) is 0 Å². The van der Waals surface area contributed by atoms with Crippen molar-refractivity contribution in [2.75, 3.05) is 20.3 Å². The molecular formula is C22H28O3. The van der Waals surface area contributed by atoms with Gasteiger partial charge >= 0.3 is 0 Å². The smallest absolute Gasteiger partial charge is 0.122 e. The van der Waals surface area contributed by atoms with Crippen LogP contribution < -0.4 is 9.47 Å². The summed E-state index contributed by atoms with van der Waals surface area (Å²) in [5.41, 5.74) is 2.78. The molecule has 3 nitrogen and oxygen atoms in total. The standard InChI is InChI=1S/C22H28O3/c1-24-21-5-2-6-22(15-21)25-13-3-4-17-7-10-19(11-8-17)20-12-9-18(14-20)16-23/h2,5-8,10-11,15,18,20,23H,3-4,9,12-14,16H2,1H3. The van der Waals surface area contributed by atoms with Crippen LogP contribution in [0.25, 0.3) is 0 Å². The minimum absolute atomic E-state index is 0.335. The van der Waals surface area contributed by atoms with Gasteiger partial charge in [-0.05, 0) is 67.2 Å². The first-order valence-corrected chi connectivity index (χ1v) is 9.25. The first-order valence-electron chi connectivity index (χ1n) is 9.25. The molecule has 2 aromatic rings. The summed E-state index contributed by atoms with van der Waals surface area (Å²) < 4.78 is 11.0. The summed E-state index contributed by atoms with van der Waals surface area (Å²) in [7, 11) is 1.66. The van der Waals surface area contributed by atoms with Crippen LogP contribution in [-0.4, -0.2) is 25.4 Å². The van der Waals surface area contributed by atoms with Crippen LogP contribution in [0.2, 0.25) is 0 Å². The van der Waals surface area contributed by atoms with Crippen LogP contribution in [0.5, 0.6) is 11.5 Å². The van der Waals surface area contributed by atoms with Gasteiger partial charge in [0.1, 0.15) is 11.5 Å². The van der Waals surface area contributed by atoms with Crippen LogP contribution in [0.1, 0.15) is 42.7 Å². The monoisotopic (exact) mass is 340 g/mol. The van der Waals surface area contributed by atoms with Crippen LogP contribution in [0.15, 0.2) is 48.5 Å². The molecule has 2 unspecified atom stereocenters. The van der Waals surface area contributed by atoms with E-state index in [0.29, 0.717) is 25.0 Å². The third-order valence-corrected chi connectivity index (χ3v) is 5.17. The summed E-state index contributed by atoms with van der Waals surface area (Å²) in [6, 6.07) is 16.7. The van der Waals surface area contributed by atoms with Crippen LogP contribution >= 0.6 is 0 Å². The molecule has 0 amide bonds. The van der Waals surface area contributed by atoms with Gasteiger partial charge in [-0.25, -0.2) is 0 Å². The van der Waals surface area contributed by atoms with Gasteiger partial charge in [0.05, 0.1) is 13.7 Å². The Morgan fingerprint density at radius 1 is 1.04 bits per heavy atom. The van der Waals surface area contributed by atoms with Gasteiger partial charge in [0, 0.05) is 12.7 Å². The Kier molecular flexibility index (Phi) is 6.35. The van der Waals surface area contributed by atoms with E-state index in [1.54, 1.807) is 7.11 Å². The molecule has 0 saturated heterocycles. The van der Waals surface area contributed by atoms with Crippen molar-refractivity contribution in [3.63, 3.8) is 0 Å². The molecule has 2 atom stereocenters. The Morgan fingerprint density at radius 3 is 2.56 bits per heavy atom. The molecular weight excluding hydrogens is 312 g/mol. The second kappa shape index (κ2) is 8.91. The Hall–Kier alpha value is -2.00. The predicted molar refractivity (Wildman–Crippen MR) is 100 cm³/mol. The first kappa shape index (κ1) is 17.8. The van der Waals surface area contributed by atoms with Gasteiger partial charge in [0.25, 0.3) is 0 Å².